The highest BCUT2D eigenvalue weighted by atomic mass is 19.3. The number of amides is 1. The molecule has 0 aliphatic heterocycles. The van der Waals surface area contributed by atoms with Gasteiger partial charge in [0, 0.05) is 18.7 Å². The summed E-state index contributed by atoms with van der Waals surface area (Å²) in [7, 11) is 0. The molecule has 8 heteroatoms. The Labute approximate surface area is 107 Å². The summed E-state index contributed by atoms with van der Waals surface area (Å²) in [6.45, 7) is -0.900. The van der Waals surface area contributed by atoms with Crippen LogP contribution in [-0.4, -0.2) is 32.4 Å². The average Bonchev–Trinajstić information content (AvgIpc) is 2.97. The van der Waals surface area contributed by atoms with Gasteiger partial charge < -0.3 is 5.32 Å². The van der Waals surface area contributed by atoms with Gasteiger partial charge in [0.15, 0.2) is 0 Å². The van der Waals surface area contributed by atoms with Crippen LogP contribution in [-0.2, 0) is 6.42 Å². The Morgan fingerprint density at radius 1 is 1.53 bits per heavy atom. The van der Waals surface area contributed by atoms with Crippen molar-refractivity contribution in [2.24, 2.45) is 0 Å². The number of carbonyl (C=O) groups excluding carboxylic acids is 1. The first-order valence-electron chi connectivity index (χ1n) is 5.68. The second kappa shape index (κ2) is 5.59. The predicted octanol–water partition coefficient (Wildman–Crippen LogP) is 1.28. The largest absolute Gasteiger partial charge is 0.350 e. The van der Waals surface area contributed by atoms with Crippen LogP contribution in [0.2, 0.25) is 0 Å². The van der Waals surface area contributed by atoms with E-state index in [1.54, 1.807) is 0 Å². The van der Waals surface area contributed by atoms with Gasteiger partial charge in [-0.15, -0.1) is 0 Å². The van der Waals surface area contributed by atoms with E-state index in [9.17, 15) is 13.6 Å². The number of aromatic amines is 1. The number of hydrogen-bond donors (Lipinski definition) is 2. The molecule has 2 aromatic heterocycles. The fourth-order valence-corrected chi connectivity index (χ4v) is 1.73. The van der Waals surface area contributed by atoms with Crippen molar-refractivity contribution in [3.63, 3.8) is 0 Å². The van der Waals surface area contributed by atoms with Crippen LogP contribution in [0, 0.1) is 6.92 Å². The lowest BCUT2D eigenvalue weighted by Crippen LogP contribution is -2.28. The summed E-state index contributed by atoms with van der Waals surface area (Å²) in [6.07, 6.45) is 2.02. The molecule has 102 valence electrons. The van der Waals surface area contributed by atoms with E-state index in [1.165, 1.54) is 25.3 Å². The summed E-state index contributed by atoms with van der Waals surface area (Å²) in [5.74, 6) is -0.531. The third kappa shape index (κ3) is 2.95. The molecule has 2 aromatic rings. The van der Waals surface area contributed by atoms with Crippen molar-refractivity contribution < 1.29 is 13.6 Å². The molecule has 2 rings (SSSR count). The molecular weight excluding hydrogens is 256 g/mol. The molecule has 0 aromatic carbocycles. The van der Waals surface area contributed by atoms with Gasteiger partial charge in [-0.2, -0.15) is 24.2 Å². The number of alkyl halides is 2. The summed E-state index contributed by atoms with van der Waals surface area (Å²) in [4.78, 5) is 11.8. The third-order valence-corrected chi connectivity index (χ3v) is 2.68. The first kappa shape index (κ1) is 13.2. The van der Waals surface area contributed by atoms with Crippen molar-refractivity contribution in [1.29, 1.82) is 0 Å². The summed E-state index contributed by atoms with van der Waals surface area (Å²) >= 11 is 0. The quantitative estimate of drug-likeness (QED) is 0.858. The molecule has 0 radical (unpaired) electrons. The molecule has 0 unspecified atom stereocenters. The van der Waals surface area contributed by atoms with E-state index < -0.39 is 12.5 Å². The minimum absolute atomic E-state index is 0.0485. The molecule has 0 fully saturated rings. The lowest BCUT2D eigenvalue weighted by Gasteiger charge is -2.10. The summed E-state index contributed by atoms with van der Waals surface area (Å²) < 4.78 is 26.3. The van der Waals surface area contributed by atoms with Gasteiger partial charge in [-0.1, -0.05) is 0 Å². The van der Waals surface area contributed by atoms with Gasteiger partial charge in [0.1, 0.15) is 5.69 Å². The zero-order valence-electron chi connectivity index (χ0n) is 10.2. The van der Waals surface area contributed by atoms with Gasteiger partial charge in [0.25, 0.3) is 5.91 Å². The van der Waals surface area contributed by atoms with Crippen LogP contribution in [0.15, 0.2) is 18.3 Å². The van der Waals surface area contributed by atoms with Crippen LogP contribution >= 0.6 is 0 Å². The lowest BCUT2D eigenvalue weighted by atomic mass is 10.3. The topological polar surface area (TPSA) is 75.6 Å². The van der Waals surface area contributed by atoms with Crippen LogP contribution in [0.3, 0.4) is 0 Å². The van der Waals surface area contributed by atoms with Crippen molar-refractivity contribution >= 4 is 5.91 Å². The Hall–Kier alpha value is -2.25. The zero-order chi connectivity index (χ0) is 13.8. The predicted molar refractivity (Wildman–Crippen MR) is 62.8 cm³/mol. The van der Waals surface area contributed by atoms with E-state index >= 15 is 0 Å². The fraction of sp³-hybridized carbons (Fsp3) is 0.364. The van der Waals surface area contributed by atoms with Gasteiger partial charge in [0.05, 0.1) is 11.9 Å². The molecule has 1 amide bonds. The zero-order valence-corrected chi connectivity index (χ0v) is 10.2. The average molecular weight is 269 g/mol. The minimum atomic E-state index is -2.73. The second-order valence-corrected chi connectivity index (χ2v) is 3.97. The van der Waals surface area contributed by atoms with Gasteiger partial charge in [-0.3, -0.25) is 9.36 Å². The number of aryl methyl sites for hydroxylation is 1. The first-order chi connectivity index (χ1) is 9.09. The summed E-state index contributed by atoms with van der Waals surface area (Å²) in [6, 6.07) is 2.87. The lowest BCUT2D eigenvalue weighted by molar-refractivity contribution is 0.0618. The van der Waals surface area contributed by atoms with Crippen LogP contribution < -0.4 is 5.32 Å². The van der Waals surface area contributed by atoms with Crippen molar-refractivity contribution in [3.8, 4) is 0 Å². The smallest absolute Gasteiger partial charge is 0.319 e. The Morgan fingerprint density at radius 3 is 2.95 bits per heavy atom. The molecule has 2 N–H and O–H groups in total. The van der Waals surface area contributed by atoms with Crippen molar-refractivity contribution in [2.45, 2.75) is 19.9 Å². The van der Waals surface area contributed by atoms with E-state index in [1.807, 2.05) is 0 Å². The van der Waals surface area contributed by atoms with Gasteiger partial charge in [-0.05, 0) is 19.1 Å². The molecule has 0 saturated carbocycles. The third-order valence-electron chi connectivity index (χ3n) is 2.68. The fourth-order valence-electron chi connectivity index (χ4n) is 1.73. The molecule has 0 atom stereocenters. The molecule has 2 heterocycles. The van der Waals surface area contributed by atoms with E-state index in [4.69, 9.17) is 0 Å². The van der Waals surface area contributed by atoms with Crippen LogP contribution in [0.25, 0.3) is 0 Å². The molecule has 6 nitrogen and oxygen atoms in total. The Morgan fingerprint density at radius 2 is 2.32 bits per heavy atom. The van der Waals surface area contributed by atoms with Crippen molar-refractivity contribution in [1.82, 2.24) is 25.3 Å². The monoisotopic (exact) mass is 269 g/mol. The number of rotatable bonds is 5. The van der Waals surface area contributed by atoms with E-state index in [2.05, 4.69) is 20.7 Å². The molecule has 0 spiro atoms. The van der Waals surface area contributed by atoms with E-state index in [-0.39, 0.29) is 5.69 Å². The number of H-pyrrole nitrogens is 1. The highest BCUT2D eigenvalue weighted by Gasteiger charge is 2.18. The van der Waals surface area contributed by atoms with Crippen molar-refractivity contribution in [2.75, 3.05) is 6.54 Å². The maximum Gasteiger partial charge on any atom is 0.319 e. The molecule has 0 bridgehead atoms. The van der Waals surface area contributed by atoms with Crippen LogP contribution in [0.5, 0.6) is 0 Å². The molecule has 0 aliphatic rings. The van der Waals surface area contributed by atoms with E-state index in [0.717, 1.165) is 0 Å². The SMILES string of the molecule is Cc1ccc(C(=O)NCCc2cn[nH]n2)n1C(F)F. The number of carbonyl (C=O) groups is 1. The summed E-state index contributed by atoms with van der Waals surface area (Å²) in [5, 5.41) is 12.5. The number of nitrogens with one attached hydrogen (secondary N) is 2. The maximum atomic E-state index is 12.8. The highest BCUT2D eigenvalue weighted by molar-refractivity contribution is 5.92. The van der Waals surface area contributed by atoms with Crippen LogP contribution in [0.1, 0.15) is 28.4 Å². The number of nitrogens with zero attached hydrogens (tertiary/aromatic N) is 3. The van der Waals surface area contributed by atoms with Gasteiger partial charge in [0.2, 0.25) is 0 Å². The number of halogens is 2. The molecular formula is C11H13F2N5O. The summed E-state index contributed by atoms with van der Waals surface area (Å²) in [5.41, 5.74) is 0.991. The number of aromatic nitrogens is 4. The van der Waals surface area contributed by atoms with Gasteiger partial charge in [-0.25, -0.2) is 0 Å². The minimum Gasteiger partial charge on any atom is -0.350 e. The van der Waals surface area contributed by atoms with Crippen LogP contribution in [0.4, 0.5) is 8.78 Å². The molecule has 0 saturated heterocycles. The Kier molecular flexibility index (Phi) is 3.88. The Bertz CT molecular complexity index is 549. The molecule has 0 aliphatic carbocycles. The Balaban J connectivity index is 1.96. The highest BCUT2D eigenvalue weighted by Crippen LogP contribution is 2.18. The van der Waals surface area contributed by atoms with E-state index in [0.29, 0.717) is 28.9 Å². The normalized spacial score (nSPS) is 10.9. The molecule has 19 heavy (non-hydrogen) atoms. The standard InChI is InChI=1S/C11H13F2N5O/c1-7-2-3-9(18(7)11(12)13)10(19)14-5-4-8-6-15-17-16-8/h2-3,6,11H,4-5H2,1H3,(H,14,19)(H,15,16,17). The van der Waals surface area contributed by atoms with Crippen molar-refractivity contribution in [3.05, 3.63) is 35.4 Å². The van der Waals surface area contributed by atoms with Gasteiger partial charge >= 0.3 is 6.55 Å². The maximum absolute atomic E-state index is 12.8. The second-order valence-electron chi connectivity index (χ2n) is 3.97. The first-order valence-corrected chi connectivity index (χ1v) is 5.68. The number of hydrogen-bond acceptors (Lipinski definition) is 3.